The summed E-state index contributed by atoms with van der Waals surface area (Å²) >= 11 is 0. The fraction of sp³-hybridized carbons (Fsp3) is 0.429. The minimum absolute atomic E-state index is 0. The molecule has 0 aliphatic rings. The summed E-state index contributed by atoms with van der Waals surface area (Å²) in [6, 6.07) is 0. The molecule has 6 aromatic heterocycles. The molecule has 0 spiro atoms. The number of aryl methyl sites for hydroxylation is 4. The van der Waals surface area contributed by atoms with Gasteiger partial charge in [-0.2, -0.15) is 0 Å². The maximum absolute atomic E-state index is 11.6. The van der Waals surface area contributed by atoms with Gasteiger partial charge in [0.05, 0.1) is 22.8 Å². The number of hydrogen-bond donors (Lipinski definition) is 2. The SMILES string of the molecule is C#CC.C#CC.Cc1nn([B-](n2nc(C)c(C)c2C)n2nc(C(=O)O)c(C)c2C)c(C)c1C.Cc1nn([B-](n2nc(C)c(C)c2C)n2nc(C(=O)O)c(C)c2C)c(C)c1C.[Ni].[Ni]. The van der Waals surface area contributed by atoms with Crippen LogP contribution in [0.15, 0.2) is 0 Å². The molecule has 2 N–H and O–H groups in total. The van der Waals surface area contributed by atoms with Gasteiger partial charge in [0.1, 0.15) is 0 Å². The summed E-state index contributed by atoms with van der Waals surface area (Å²) in [5.41, 5.74) is 15.0. The van der Waals surface area contributed by atoms with E-state index in [0.717, 1.165) is 79.2 Å². The van der Waals surface area contributed by atoms with Crippen LogP contribution in [-0.2, 0) is 33.0 Å². The van der Waals surface area contributed by atoms with Crippen LogP contribution < -0.4 is 0 Å². The van der Waals surface area contributed by atoms with Gasteiger partial charge in [-0.05, 0) is 181 Å². The average molecular weight is 934 g/mol. The molecule has 0 aromatic carbocycles. The van der Waals surface area contributed by atoms with Crippen LogP contribution in [0.25, 0.3) is 0 Å². The molecule has 2 radical (unpaired) electrons. The Balaban J connectivity index is 0.000000535. The van der Waals surface area contributed by atoms with Crippen LogP contribution in [0.2, 0.25) is 0 Å². The van der Waals surface area contributed by atoms with E-state index in [1.807, 2.05) is 115 Å². The molecule has 0 saturated carbocycles. The van der Waals surface area contributed by atoms with Gasteiger partial charge in [0.15, 0.2) is 11.4 Å². The third-order valence-corrected chi connectivity index (χ3v) is 11.4. The molecule has 0 saturated heterocycles. The fourth-order valence-electron chi connectivity index (χ4n) is 6.56. The minimum atomic E-state index is -1.04. The molecule has 0 aliphatic heterocycles. The van der Waals surface area contributed by atoms with E-state index < -0.39 is 26.2 Å². The van der Waals surface area contributed by atoms with Crippen molar-refractivity contribution < 1.29 is 52.8 Å². The number of rotatable bonds is 8. The van der Waals surface area contributed by atoms with Crippen LogP contribution in [0.4, 0.5) is 0 Å². The monoisotopic (exact) mass is 932 g/mol. The van der Waals surface area contributed by atoms with Crippen LogP contribution in [-0.4, -0.2) is 94.5 Å². The average Bonchev–Trinajstić information content (AvgIpc) is 3.95. The summed E-state index contributed by atoms with van der Waals surface area (Å²) in [5.74, 6) is 2.42. The normalized spacial score (nSPS) is 10.4. The van der Waals surface area contributed by atoms with Crippen molar-refractivity contribution >= 4 is 26.2 Å². The summed E-state index contributed by atoms with van der Waals surface area (Å²) in [6.07, 6.45) is 9.19. The Kier molecular flexibility index (Phi) is 19.3. The van der Waals surface area contributed by atoms with E-state index in [0.29, 0.717) is 11.1 Å². The van der Waals surface area contributed by atoms with Gasteiger partial charge < -0.3 is 37.8 Å². The van der Waals surface area contributed by atoms with Crippen LogP contribution in [0.3, 0.4) is 0 Å². The second-order valence-corrected chi connectivity index (χ2v) is 14.8. The maximum atomic E-state index is 11.6. The van der Waals surface area contributed by atoms with E-state index in [-0.39, 0.29) is 44.4 Å². The quantitative estimate of drug-likeness (QED) is 0.135. The van der Waals surface area contributed by atoms with Crippen LogP contribution in [0, 0.1) is 135 Å². The first-order valence-corrected chi connectivity index (χ1v) is 19.4. The number of carboxylic acids is 2. The van der Waals surface area contributed by atoms with Crippen molar-refractivity contribution in [3.63, 3.8) is 0 Å². The molecule has 0 fully saturated rings. The van der Waals surface area contributed by atoms with Gasteiger partial charge >= 0.3 is 11.9 Å². The molecule has 338 valence electrons. The van der Waals surface area contributed by atoms with Gasteiger partial charge in [-0.25, -0.2) is 40.2 Å². The zero-order valence-electron chi connectivity index (χ0n) is 39.0. The van der Waals surface area contributed by atoms with Crippen LogP contribution >= 0.6 is 0 Å². The molecule has 20 heteroatoms. The van der Waals surface area contributed by atoms with Crippen molar-refractivity contribution in [2.75, 3.05) is 0 Å². The van der Waals surface area contributed by atoms with E-state index in [1.54, 1.807) is 36.9 Å². The zero-order chi connectivity index (χ0) is 45.8. The molecule has 16 nitrogen and oxygen atoms in total. The molecule has 6 aromatic rings. The van der Waals surface area contributed by atoms with E-state index in [4.69, 9.17) is 20.4 Å². The zero-order valence-corrected chi connectivity index (χ0v) is 41.0. The standard InChI is InChI=1S/2C18H25BN6O2.2C3H4.2Ni/c2*1-9-12(4)20-23(14(9)6)19(24-15(7)10(2)13(5)21-24)25-16(8)11(3)17(22-25)18(26)27;2*1-3-2;;/h2*1-8H3,(H,26,27);2*1H,2H3;;/q2*-1;;;;. The Morgan fingerprint density at radius 2 is 0.565 bits per heavy atom. The van der Waals surface area contributed by atoms with Crippen molar-refractivity contribution in [3.05, 3.63) is 102 Å². The predicted molar refractivity (Wildman–Crippen MR) is 236 cm³/mol. The van der Waals surface area contributed by atoms with Crippen molar-refractivity contribution in [2.24, 2.45) is 0 Å². The molecule has 6 heterocycles. The number of terminal acetylenes is 2. The van der Waals surface area contributed by atoms with Crippen LogP contribution in [0.1, 0.15) is 125 Å². The Morgan fingerprint density at radius 1 is 0.403 bits per heavy atom. The van der Waals surface area contributed by atoms with E-state index >= 15 is 0 Å². The summed E-state index contributed by atoms with van der Waals surface area (Å²) in [6.45, 7) is 34.6. The molecule has 0 atom stereocenters. The Hall–Kier alpha value is -5.56. The number of aromatic carboxylic acids is 2. The predicted octanol–water partition coefficient (Wildman–Crippen LogP) is 6.02. The molecule has 62 heavy (non-hydrogen) atoms. The summed E-state index contributed by atoms with van der Waals surface area (Å²) in [7, 11) is -1.03. The van der Waals surface area contributed by atoms with Gasteiger partial charge in [-0.3, -0.25) is 0 Å². The van der Waals surface area contributed by atoms with Crippen molar-refractivity contribution in [1.82, 2.24) is 58.1 Å². The molecular formula is C42H58B2N12Ni2O4-2. The number of carbonyl (C=O) groups is 2. The molecule has 6 rings (SSSR count). The molecule has 0 aliphatic carbocycles. The first-order chi connectivity index (χ1) is 27.9. The van der Waals surface area contributed by atoms with Gasteiger partial charge in [-0.15, -0.1) is 24.7 Å². The minimum Gasteiger partial charge on any atom is -0.476 e. The topological polar surface area (TPSA) is 182 Å². The number of hydrogen-bond acceptors (Lipinski definition) is 8. The maximum Gasteiger partial charge on any atom is 0.356 e. The second-order valence-electron chi connectivity index (χ2n) is 14.8. The van der Waals surface area contributed by atoms with E-state index in [9.17, 15) is 19.8 Å². The van der Waals surface area contributed by atoms with Gasteiger partial charge in [0, 0.05) is 44.1 Å². The summed E-state index contributed by atoms with van der Waals surface area (Å²) in [4.78, 5) is 23.2. The van der Waals surface area contributed by atoms with Gasteiger partial charge in [0.25, 0.3) is 14.2 Å². The first kappa shape index (κ1) is 54.5. The Morgan fingerprint density at radius 3 is 0.694 bits per heavy atom. The smallest absolute Gasteiger partial charge is 0.356 e. The first-order valence-electron chi connectivity index (χ1n) is 19.4. The summed E-state index contributed by atoms with van der Waals surface area (Å²) in [5, 5.41) is 46.7. The second kappa shape index (κ2) is 22.0. The van der Waals surface area contributed by atoms with Gasteiger partial charge in [0.2, 0.25) is 0 Å². The Labute approximate surface area is 386 Å². The van der Waals surface area contributed by atoms with Gasteiger partial charge in [-0.1, -0.05) is 0 Å². The number of aromatic nitrogens is 12. The Bertz CT molecular complexity index is 2380. The van der Waals surface area contributed by atoms with Crippen molar-refractivity contribution in [1.29, 1.82) is 0 Å². The summed E-state index contributed by atoms with van der Waals surface area (Å²) < 4.78 is 10.9. The molecule has 0 unspecified atom stereocenters. The largest absolute Gasteiger partial charge is 0.476 e. The van der Waals surface area contributed by atoms with Crippen LogP contribution in [0.5, 0.6) is 0 Å². The molecule has 0 amide bonds. The van der Waals surface area contributed by atoms with E-state index in [2.05, 4.69) is 34.9 Å². The van der Waals surface area contributed by atoms with Crippen molar-refractivity contribution in [2.45, 2.75) is 125 Å². The fourth-order valence-corrected chi connectivity index (χ4v) is 6.56. The third-order valence-electron chi connectivity index (χ3n) is 11.4. The number of nitrogens with zero attached hydrogens (tertiary/aromatic N) is 12. The molecular weight excluding hydrogens is 876 g/mol. The third kappa shape index (κ3) is 10.4. The molecule has 0 bridgehead atoms. The van der Waals surface area contributed by atoms with E-state index in [1.165, 1.54) is 0 Å². The van der Waals surface area contributed by atoms with Crippen molar-refractivity contribution in [3.8, 4) is 24.7 Å². The number of carboxylic acid groups (broad SMARTS) is 2.